The Balaban J connectivity index is 1.94. The van der Waals surface area contributed by atoms with Crippen molar-refractivity contribution in [2.24, 2.45) is 5.41 Å². The molecule has 1 heterocycles. The quantitative estimate of drug-likeness (QED) is 0.846. The molecular formula is C16H20N4O2. The number of benzene rings is 1. The molecule has 0 spiro atoms. The zero-order chi connectivity index (χ0) is 15.9. The van der Waals surface area contributed by atoms with E-state index in [-0.39, 0.29) is 11.8 Å². The highest BCUT2D eigenvalue weighted by molar-refractivity contribution is 6.12. The number of carbonyl (C=O) groups excluding carboxylic acids is 2. The minimum absolute atomic E-state index is 0.222. The normalized spacial score (nSPS) is 15.6. The monoisotopic (exact) mass is 300 g/mol. The van der Waals surface area contributed by atoms with Crippen molar-refractivity contribution in [2.75, 3.05) is 12.4 Å². The Labute approximate surface area is 128 Å². The van der Waals surface area contributed by atoms with Crippen LogP contribution in [0.3, 0.4) is 0 Å². The van der Waals surface area contributed by atoms with Crippen LogP contribution in [-0.4, -0.2) is 28.4 Å². The third-order valence-electron chi connectivity index (χ3n) is 4.29. The lowest BCUT2D eigenvalue weighted by atomic mass is 10.1. The number of fused-ring (bicyclic) bond motifs is 1. The van der Waals surface area contributed by atoms with Gasteiger partial charge in [0.1, 0.15) is 5.41 Å². The lowest BCUT2D eigenvalue weighted by Gasteiger charge is -2.14. The molecule has 22 heavy (non-hydrogen) atoms. The average Bonchev–Trinajstić information content (AvgIpc) is 3.24. The summed E-state index contributed by atoms with van der Waals surface area (Å²) in [5.74, 6) is 0.0110. The van der Waals surface area contributed by atoms with Gasteiger partial charge in [-0.05, 0) is 44.4 Å². The second-order valence-corrected chi connectivity index (χ2v) is 5.79. The zero-order valence-corrected chi connectivity index (χ0v) is 13.1. The van der Waals surface area contributed by atoms with E-state index in [0.717, 1.165) is 16.6 Å². The fourth-order valence-electron chi connectivity index (χ4n) is 2.80. The first kappa shape index (κ1) is 14.6. The molecule has 1 fully saturated rings. The largest absolute Gasteiger partial charge is 0.358 e. The number of rotatable bonds is 4. The Morgan fingerprint density at radius 2 is 2.05 bits per heavy atom. The highest BCUT2D eigenvalue weighted by Crippen LogP contribution is 2.46. The first-order valence-electron chi connectivity index (χ1n) is 7.52. The van der Waals surface area contributed by atoms with Crippen LogP contribution >= 0.6 is 0 Å². The molecule has 1 saturated carbocycles. The van der Waals surface area contributed by atoms with E-state index in [4.69, 9.17) is 0 Å². The number of amides is 2. The van der Waals surface area contributed by atoms with Crippen molar-refractivity contribution in [1.82, 2.24) is 14.9 Å². The molecule has 3 rings (SSSR count). The van der Waals surface area contributed by atoms with Gasteiger partial charge in [0, 0.05) is 13.6 Å². The van der Waals surface area contributed by atoms with Gasteiger partial charge in [-0.1, -0.05) is 6.07 Å². The van der Waals surface area contributed by atoms with Gasteiger partial charge < -0.3 is 9.88 Å². The van der Waals surface area contributed by atoms with E-state index in [1.54, 1.807) is 7.05 Å². The molecule has 1 aliphatic carbocycles. The minimum atomic E-state index is -0.915. The second-order valence-electron chi connectivity index (χ2n) is 5.79. The van der Waals surface area contributed by atoms with Crippen molar-refractivity contribution in [3.8, 4) is 0 Å². The molecule has 0 unspecified atom stereocenters. The standard InChI is InChI=1S/C16H20N4O2/c1-4-20-12-6-5-10(2)9-11(12)18-15(20)19-14(22)16(7-8-16)13(21)17-3/h5-6,9H,4,7-8H2,1-3H3,(H,17,21)(H,18,19,22). The van der Waals surface area contributed by atoms with Gasteiger partial charge in [-0.2, -0.15) is 0 Å². The molecule has 2 aromatic rings. The molecule has 0 bridgehead atoms. The summed E-state index contributed by atoms with van der Waals surface area (Å²) in [4.78, 5) is 28.9. The van der Waals surface area contributed by atoms with E-state index in [1.165, 1.54) is 0 Å². The number of anilines is 1. The smallest absolute Gasteiger partial charge is 0.242 e. The Morgan fingerprint density at radius 3 is 2.64 bits per heavy atom. The summed E-state index contributed by atoms with van der Waals surface area (Å²) in [6, 6.07) is 6.01. The van der Waals surface area contributed by atoms with Gasteiger partial charge in [-0.15, -0.1) is 0 Å². The maximum Gasteiger partial charge on any atom is 0.242 e. The van der Waals surface area contributed by atoms with Crippen LogP contribution in [0.2, 0.25) is 0 Å². The highest BCUT2D eigenvalue weighted by Gasteiger charge is 2.56. The summed E-state index contributed by atoms with van der Waals surface area (Å²) >= 11 is 0. The summed E-state index contributed by atoms with van der Waals surface area (Å²) in [5.41, 5.74) is 2.03. The number of aryl methyl sites for hydroxylation is 2. The van der Waals surface area contributed by atoms with Crippen molar-refractivity contribution >= 4 is 28.8 Å². The van der Waals surface area contributed by atoms with Crippen LogP contribution in [0.4, 0.5) is 5.95 Å². The third kappa shape index (κ3) is 2.15. The number of hydrogen-bond acceptors (Lipinski definition) is 3. The summed E-state index contributed by atoms with van der Waals surface area (Å²) in [6.07, 6.45) is 1.17. The van der Waals surface area contributed by atoms with Gasteiger partial charge in [0.2, 0.25) is 17.8 Å². The summed E-state index contributed by atoms with van der Waals surface area (Å²) < 4.78 is 1.95. The van der Waals surface area contributed by atoms with Crippen molar-refractivity contribution < 1.29 is 9.59 Å². The molecule has 1 aromatic heterocycles. The maximum absolute atomic E-state index is 12.5. The molecule has 2 N–H and O–H groups in total. The number of hydrogen-bond donors (Lipinski definition) is 2. The highest BCUT2D eigenvalue weighted by atomic mass is 16.2. The first-order valence-corrected chi connectivity index (χ1v) is 7.52. The van der Waals surface area contributed by atoms with E-state index in [1.807, 2.05) is 36.6 Å². The van der Waals surface area contributed by atoms with Crippen molar-refractivity contribution in [1.29, 1.82) is 0 Å². The van der Waals surface area contributed by atoms with Gasteiger partial charge >= 0.3 is 0 Å². The molecule has 1 aromatic carbocycles. The number of nitrogens with zero attached hydrogens (tertiary/aromatic N) is 2. The van der Waals surface area contributed by atoms with Crippen LogP contribution in [0, 0.1) is 12.3 Å². The maximum atomic E-state index is 12.5. The Morgan fingerprint density at radius 1 is 1.32 bits per heavy atom. The first-order chi connectivity index (χ1) is 10.5. The molecular weight excluding hydrogens is 280 g/mol. The third-order valence-corrected chi connectivity index (χ3v) is 4.29. The van der Waals surface area contributed by atoms with Gasteiger partial charge in [-0.3, -0.25) is 14.9 Å². The van der Waals surface area contributed by atoms with Crippen LogP contribution in [0.15, 0.2) is 18.2 Å². The molecule has 0 radical (unpaired) electrons. The predicted molar refractivity (Wildman–Crippen MR) is 84.5 cm³/mol. The molecule has 0 atom stereocenters. The summed E-state index contributed by atoms with van der Waals surface area (Å²) in [5, 5.41) is 5.41. The van der Waals surface area contributed by atoms with Crippen LogP contribution in [-0.2, 0) is 16.1 Å². The van der Waals surface area contributed by atoms with Crippen LogP contribution < -0.4 is 10.6 Å². The molecule has 0 saturated heterocycles. The van der Waals surface area contributed by atoms with E-state index < -0.39 is 5.41 Å². The fraction of sp³-hybridized carbons (Fsp3) is 0.438. The van der Waals surface area contributed by atoms with E-state index in [2.05, 4.69) is 15.6 Å². The second kappa shape index (κ2) is 5.12. The molecule has 6 heteroatoms. The van der Waals surface area contributed by atoms with Gasteiger partial charge in [0.15, 0.2) is 0 Å². The average molecular weight is 300 g/mol. The summed E-state index contributed by atoms with van der Waals surface area (Å²) in [7, 11) is 1.56. The molecule has 6 nitrogen and oxygen atoms in total. The zero-order valence-electron chi connectivity index (χ0n) is 13.1. The van der Waals surface area contributed by atoms with Crippen molar-refractivity contribution in [3.63, 3.8) is 0 Å². The minimum Gasteiger partial charge on any atom is -0.358 e. The van der Waals surface area contributed by atoms with Crippen LogP contribution in [0.1, 0.15) is 25.3 Å². The van der Waals surface area contributed by atoms with Crippen molar-refractivity contribution in [2.45, 2.75) is 33.2 Å². The summed E-state index contributed by atoms with van der Waals surface area (Å²) in [6.45, 7) is 4.71. The number of carbonyl (C=O) groups is 2. The van der Waals surface area contributed by atoms with E-state index >= 15 is 0 Å². The Hall–Kier alpha value is -2.37. The Kier molecular flexibility index (Phi) is 3.39. The Bertz CT molecular complexity index is 759. The van der Waals surface area contributed by atoms with E-state index in [9.17, 15) is 9.59 Å². The van der Waals surface area contributed by atoms with Gasteiger partial charge in [0.25, 0.3) is 0 Å². The number of nitrogens with one attached hydrogen (secondary N) is 2. The molecule has 116 valence electrons. The fourth-order valence-corrected chi connectivity index (χ4v) is 2.80. The lowest BCUT2D eigenvalue weighted by molar-refractivity contribution is -0.134. The lowest BCUT2D eigenvalue weighted by Crippen LogP contribution is -2.38. The van der Waals surface area contributed by atoms with Gasteiger partial charge in [0.05, 0.1) is 11.0 Å². The van der Waals surface area contributed by atoms with Crippen molar-refractivity contribution in [3.05, 3.63) is 23.8 Å². The molecule has 1 aliphatic rings. The number of imidazole rings is 1. The van der Waals surface area contributed by atoms with Crippen LogP contribution in [0.5, 0.6) is 0 Å². The number of aromatic nitrogens is 2. The molecule has 2 amide bonds. The van der Waals surface area contributed by atoms with Gasteiger partial charge in [-0.25, -0.2) is 4.98 Å². The topological polar surface area (TPSA) is 76.0 Å². The SMILES string of the molecule is CCn1c(NC(=O)C2(C(=O)NC)CC2)nc2cc(C)ccc21. The van der Waals surface area contributed by atoms with Crippen LogP contribution in [0.25, 0.3) is 11.0 Å². The predicted octanol–water partition coefficient (Wildman–Crippen LogP) is 1.83. The van der Waals surface area contributed by atoms with E-state index in [0.29, 0.717) is 25.3 Å². The molecule has 0 aliphatic heterocycles.